The Balaban J connectivity index is 4.61. The summed E-state index contributed by atoms with van der Waals surface area (Å²) < 4.78 is 9.62. The van der Waals surface area contributed by atoms with Gasteiger partial charge in [0.1, 0.15) is 12.2 Å². The molecule has 0 N–H and O–H groups in total. The Morgan fingerprint density at radius 3 is 1.95 bits per heavy atom. The van der Waals surface area contributed by atoms with Crippen LogP contribution in [0.25, 0.3) is 0 Å². The number of hydrogen-bond acceptors (Lipinski definition) is 5. The van der Waals surface area contributed by atoms with Gasteiger partial charge >= 0.3 is 11.9 Å². The van der Waals surface area contributed by atoms with Crippen molar-refractivity contribution in [1.82, 2.24) is 0 Å². The number of carbonyl (C=O) groups excluding carboxylic acids is 3. The van der Waals surface area contributed by atoms with Crippen molar-refractivity contribution in [2.75, 3.05) is 13.2 Å². The summed E-state index contributed by atoms with van der Waals surface area (Å²) in [5, 5.41) is 0. The number of hydrogen-bond donors (Lipinski definition) is 0. The normalized spacial score (nSPS) is 11.6. The Labute approximate surface area is 114 Å². The van der Waals surface area contributed by atoms with Crippen molar-refractivity contribution >= 4 is 17.7 Å². The van der Waals surface area contributed by atoms with Crippen LogP contribution >= 0.6 is 0 Å². The van der Waals surface area contributed by atoms with Gasteiger partial charge in [-0.25, -0.2) is 4.79 Å². The fraction of sp³-hybridized carbons (Fsp3) is 0.643. The molecule has 0 aliphatic rings. The van der Waals surface area contributed by atoms with Gasteiger partial charge in [-0.3, -0.25) is 9.59 Å². The SMILES string of the molecule is CCOC(=O)CC(=O)C/C(C)=C(/CC)C(=O)OCC. The molecule has 0 unspecified atom stereocenters. The lowest BCUT2D eigenvalue weighted by molar-refractivity contribution is -0.145. The van der Waals surface area contributed by atoms with Gasteiger partial charge in [-0.05, 0) is 27.2 Å². The zero-order valence-corrected chi connectivity index (χ0v) is 12.1. The summed E-state index contributed by atoms with van der Waals surface area (Å²) in [5.41, 5.74) is 1.15. The fourth-order valence-corrected chi connectivity index (χ4v) is 1.68. The molecule has 0 bridgehead atoms. The summed E-state index contributed by atoms with van der Waals surface area (Å²) in [7, 11) is 0. The van der Waals surface area contributed by atoms with Gasteiger partial charge in [-0.15, -0.1) is 0 Å². The summed E-state index contributed by atoms with van der Waals surface area (Å²) in [5.74, 6) is -1.19. The molecule has 0 fully saturated rings. The lowest BCUT2D eigenvalue weighted by Gasteiger charge is -2.09. The predicted molar refractivity (Wildman–Crippen MR) is 70.5 cm³/mol. The summed E-state index contributed by atoms with van der Waals surface area (Å²) in [4.78, 5) is 34.5. The van der Waals surface area contributed by atoms with Crippen LogP contribution in [0.5, 0.6) is 0 Å². The van der Waals surface area contributed by atoms with Gasteiger partial charge in [-0.2, -0.15) is 0 Å². The van der Waals surface area contributed by atoms with E-state index < -0.39 is 11.9 Å². The summed E-state index contributed by atoms with van der Waals surface area (Å²) in [6.45, 7) is 7.50. The Morgan fingerprint density at radius 2 is 1.47 bits per heavy atom. The highest BCUT2D eigenvalue weighted by Gasteiger charge is 2.16. The predicted octanol–water partition coefficient (Wildman–Crippen LogP) is 2.19. The number of esters is 2. The molecule has 5 nitrogen and oxygen atoms in total. The van der Waals surface area contributed by atoms with Crippen molar-refractivity contribution in [2.24, 2.45) is 0 Å². The van der Waals surface area contributed by atoms with Crippen molar-refractivity contribution in [1.29, 1.82) is 0 Å². The van der Waals surface area contributed by atoms with Crippen LogP contribution in [-0.4, -0.2) is 30.9 Å². The third-order valence-corrected chi connectivity index (χ3v) is 2.50. The van der Waals surface area contributed by atoms with Gasteiger partial charge in [-0.1, -0.05) is 12.5 Å². The summed E-state index contributed by atoms with van der Waals surface area (Å²) >= 11 is 0. The first-order chi connectivity index (χ1) is 8.96. The van der Waals surface area contributed by atoms with Crippen molar-refractivity contribution < 1.29 is 23.9 Å². The Hall–Kier alpha value is -1.65. The molecule has 0 saturated carbocycles. The highest BCUT2D eigenvalue weighted by atomic mass is 16.5. The van der Waals surface area contributed by atoms with E-state index in [1.807, 2.05) is 6.92 Å². The van der Waals surface area contributed by atoms with E-state index in [0.717, 1.165) is 0 Å². The molecule has 0 rings (SSSR count). The van der Waals surface area contributed by atoms with Crippen LogP contribution < -0.4 is 0 Å². The van der Waals surface area contributed by atoms with Crippen LogP contribution in [0.15, 0.2) is 11.1 Å². The molecule has 0 aromatic carbocycles. The molecule has 0 aliphatic carbocycles. The zero-order valence-electron chi connectivity index (χ0n) is 12.1. The number of ketones is 1. The molecule has 0 aromatic rings. The summed E-state index contributed by atoms with van der Waals surface area (Å²) in [6, 6.07) is 0. The molecule has 0 aliphatic heterocycles. The van der Waals surface area contributed by atoms with Crippen molar-refractivity contribution in [2.45, 2.75) is 47.0 Å². The monoisotopic (exact) mass is 270 g/mol. The summed E-state index contributed by atoms with van der Waals surface area (Å²) in [6.07, 6.45) is 0.309. The van der Waals surface area contributed by atoms with Crippen molar-refractivity contribution in [3.05, 3.63) is 11.1 Å². The standard InChI is InChI=1S/C14H22O5/c1-5-12(14(17)19-7-3)10(4)8-11(15)9-13(16)18-6-2/h5-9H2,1-4H3/b12-10-. The zero-order chi connectivity index (χ0) is 14.8. The van der Waals surface area contributed by atoms with Crippen molar-refractivity contribution in [3.8, 4) is 0 Å². The second-order valence-corrected chi connectivity index (χ2v) is 4.03. The van der Waals surface area contributed by atoms with E-state index in [-0.39, 0.29) is 25.2 Å². The molecule has 0 amide bonds. The minimum Gasteiger partial charge on any atom is -0.466 e. The quantitative estimate of drug-likeness (QED) is 0.384. The van der Waals surface area contributed by atoms with E-state index >= 15 is 0 Å². The van der Waals surface area contributed by atoms with E-state index in [9.17, 15) is 14.4 Å². The van der Waals surface area contributed by atoms with Gasteiger partial charge in [0.25, 0.3) is 0 Å². The lowest BCUT2D eigenvalue weighted by Crippen LogP contribution is -2.14. The minimum atomic E-state index is -0.533. The van der Waals surface area contributed by atoms with Crippen LogP contribution in [0, 0.1) is 0 Å². The number of carbonyl (C=O) groups is 3. The molecular weight excluding hydrogens is 248 g/mol. The topological polar surface area (TPSA) is 69.7 Å². The maximum atomic E-state index is 11.7. The molecule has 0 atom stereocenters. The molecule has 108 valence electrons. The fourth-order valence-electron chi connectivity index (χ4n) is 1.68. The van der Waals surface area contributed by atoms with Gasteiger partial charge in [0.2, 0.25) is 0 Å². The molecule has 0 saturated heterocycles. The first-order valence-corrected chi connectivity index (χ1v) is 6.49. The van der Waals surface area contributed by atoms with Crippen LogP contribution in [0.3, 0.4) is 0 Å². The second kappa shape index (κ2) is 9.30. The Kier molecular flexibility index (Phi) is 8.49. The van der Waals surface area contributed by atoms with Gasteiger partial charge in [0.05, 0.1) is 13.2 Å². The molecule has 0 spiro atoms. The third kappa shape index (κ3) is 6.74. The Morgan fingerprint density at radius 1 is 0.895 bits per heavy atom. The highest BCUT2D eigenvalue weighted by molar-refractivity contribution is 5.98. The minimum absolute atomic E-state index is 0.0702. The van der Waals surface area contributed by atoms with Gasteiger partial charge in [0, 0.05) is 12.0 Å². The number of rotatable bonds is 8. The average molecular weight is 270 g/mol. The lowest BCUT2D eigenvalue weighted by atomic mass is 10.0. The number of ether oxygens (including phenoxy) is 2. The van der Waals surface area contributed by atoms with Crippen LogP contribution in [-0.2, 0) is 23.9 Å². The van der Waals surface area contributed by atoms with Crippen molar-refractivity contribution in [3.63, 3.8) is 0 Å². The van der Waals surface area contributed by atoms with Gasteiger partial charge < -0.3 is 9.47 Å². The van der Waals surface area contributed by atoms with Gasteiger partial charge in [0.15, 0.2) is 0 Å². The molecule has 0 aromatic heterocycles. The molecule has 5 heteroatoms. The van der Waals surface area contributed by atoms with E-state index in [4.69, 9.17) is 9.47 Å². The average Bonchev–Trinajstić information content (AvgIpc) is 2.29. The smallest absolute Gasteiger partial charge is 0.333 e. The van der Waals surface area contributed by atoms with Crippen LogP contribution in [0.1, 0.15) is 47.0 Å². The number of Topliss-reactive ketones (excluding diaryl/α,β-unsaturated/α-hetero) is 1. The first kappa shape index (κ1) is 17.4. The number of allylic oxidation sites excluding steroid dienone is 1. The largest absolute Gasteiger partial charge is 0.466 e. The third-order valence-electron chi connectivity index (χ3n) is 2.50. The van der Waals surface area contributed by atoms with E-state index in [2.05, 4.69) is 0 Å². The van der Waals surface area contributed by atoms with Crippen LogP contribution in [0.4, 0.5) is 0 Å². The first-order valence-electron chi connectivity index (χ1n) is 6.49. The van der Waals surface area contributed by atoms with E-state index in [0.29, 0.717) is 24.2 Å². The Bertz CT molecular complexity index is 368. The maximum Gasteiger partial charge on any atom is 0.333 e. The van der Waals surface area contributed by atoms with E-state index in [1.165, 1.54) is 0 Å². The van der Waals surface area contributed by atoms with Crippen LogP contribution in [0.2, 0.25) is 0 Å². The molecule has 0 radical (unpaired) electrons. The molecule has 0 heterocycles. The molecular formula is C14H22O5. The highest BCUT2D eigenvalue weighted by Crippen LogP contribution is 2.15. The maximum absolute atomic E-state index is 11.7. The van der Waals surface area contributed by atoms with E-state index in [1.54, 1.807) is 20.8 Å². The second-order valence-electron chi connectivity index (χ2n) is 4.03. The molecule has 19 heavy (non-hydrogen) atoms.